The number of hydrogen-bond acceptors (Lipinski definition) is 4. The molecule has 0 N–H and O–H groups in total. The molecule has 0 unspecified atom stereocenters. The maximum absolute atomic E-state index is 12.6. The molecule has 0 spiro atoms. The SMILES string of the molecule is COc1c2n(c[c-]c1=O)C[C@@H]1OCC[C@@H](C)N1C2=O.[W]. The number of carbonyl (C=O) groups excluding carboxylic acids is 1. The van der Waals surface area contributed by atoms with E-state index in [1.807, 2.05) is 6.92 Å². The van der Waals surface area contributed by atoms with Gasteiger partial charge in [0.15, 0.2) is 6.23 Å². The number of hydrogen-bond donors (Lipinski definition) is 0. The summed E-state index contributed by atoms with van der Waals surface area (Å²) in [5.74, 6) is -0.157. The molecule has 0 aromatic carbocycles. The van der Waals surface area contributed by atoms with Gasteiger partial charge in [-0.2, -0.15) is 6.07 Å². The van der Waals surface area contributed by atoms with Crippen LogP contribution in [0.5, 0.6) is 5.75 Å². The molecule has 6 nitrogen and oxygen atoms in total. The first-order chi connectivity index (χ1) is 9.13. The summed E-state index contributed by atoms with van der Waals surface area (Å²) in [6.45, 7) is 3.13. The van der Waals surface area contributed by atoms with Crippen molar-refractivity contribution in [1.29, 1.82) is 0 Å². The van der Waals surface area contributed by atoms with Gasteiger partial charge in [0.1, 0.15) is 0 Å². The average Bonchev–Trinajstić information content (AvgIpc) is 2.39. The van der Waals surface area contributed by atoms with E-state index in [0.717, 1.165) is 6.42 Å². The van der Waals surface area contributed by atoms with E-state index >= 15 is 0 Å². The van der Waals surface area contributed by atoms with E-state index in [1.165, 1.54) is 13.3 Å². The Hall–Kier alpha value is -1.13. The van der Waals surface area contributed by atoms with Crippen LogP contribution in [0.1, 0.15) is 23.8 Å². The predicted molar refractivity (Wildman–Crippen MR) is 66.1 cm³/mol. The van der Waals surface area contributed by atoms with Crippen LogP contribution < -0.4 is 10.2 Å². The van der Waals surface area contributed by atoms with Crippen molar-refractivity contribution in [2.45, 2.75) is 32.2 Å². The largest absolute Gasteiger partial charge is 0.575 e. The maximum Gasteiger partial charge on any atom is 0.257 e. The number of carbonyl (C=O) groups is 1. The summed E-state index contributed by atoms with van der Waals surface area (Å²) < 4.78 is 12.4. The van der Waals surface area contributed by atoms with Gasteiger partial charge in [-0.05, 0) is 13.3 Å². The van der Waals surface area contributed by atoms with Crippen LogP contribution in [0, 0.1) is 6.07 Å². The average molecular weight is 447 g/mol. The molecule has 2 aliphatic rings. The Morgan fingerprint density at radius 3 is 2.90 bits per heavy atom. The van der Waals surface area contributed by atoms with Crippen LogP contribution in [0.25, 0.3) is 0 Å². The van der Waals surface area contributed by atoms with Crippen molar-refractivity contribution in [3.63, 3.8) is 0 Å². The summed E-state index contributed by atoms with van der Waals surface area (Å²) in [6, 6.07) is 2.66. The van der Waals surface area contributed by atoms with Crippen molar-refractivity contribution in [2.75, 3.05) is 13.7 Å². The molecule has 108 valence electrons. The summed E-state index contributed by atoms with van der Waals surface area (Å²) in [5, 5.41) is 0. The first kappa shape index (κ1) is 15.3. The van der Waals surface area contributed by atoms with Gasteiger partial charge < -0.3 is 23.7 Å². The van der Waals surface area contributed by atoms with E-state index in [-0.39, 0.29) is 45.0 Å². The molecule has 2 atom stereocenters. The number of methoxy groups -OCH3 is 1. The zero-order chi connectivity index (χ0) is 13.6. The second-order valence-corrected chi connectivity index (χ2v) is 4.81. The van der Waals surface area contributed by atoms with Gasteiger partial charge in [-0.1, -0.05) is 6.20 Å². The Bertz CT molecular complexity index is 586. The zero-order valence-corrected chi connectivity index (χ0v) is 14.2. The molecule has 0 aliphatic carbocycles. The minimum absolute atomic E-state index is 0. The van der Waals surface area contributed by atoms with Crippen molar-refractivity contribution in [3.05, 3.63) is 28.2 Å². The van der Waals surface area contributed by atoms with Gasteiger partial charge >= 0.3 is 0 Å². The topological polar surface area (TPSA) is 60.8 Å². The molecular weight excluding hydrogens is 432 g/mol. The van der Waals surface area contributed by atoms with Crippen molar-refractivity contribution in [1.82, 2.24) is 9.47 Å². The molecule has 20 heavy (non-hydrogen) atoms. The van der Waals surface area contributed by atoms with Gasteiger partial charge in [0.05, 0.1) is 31.4 Å². The molecule has 1 fully saturated rings. The Balaban J connectivity index is 0.00000147. The third-order valence-electron chi connectivity index (χ3n) is 3.69. The molecule has 1 amide bonds. The quantitative estimate of drug-likeness (QED) is 0.580. The first-order valence-electron chi connectivity index (χ1n) is 6.27. The van der Waals surface area contributed by atoms with Crippen LogP contribution in [0.4, 0.5) is 0 Å². The Kier molecular flexibility index (Phi) is 4.35. The molecular formula is C13H15N2O4W-. The normalized spacial score (nSPS) is 24.5. The maximum atomic E-state index is 12.6. The summed E-state index contributed by atoms with van der Waals surface area (Å²) in [4.78, 5) is 26.0. The van der Waals surface area contributed by atoms with Crippen LogP contribution in [0.15, 0.2) is 11.0 Å². The molecule has 3 heterocycles. The minimum Gasteiger partial charge on any atom is -0.575 e. The summed E-state index contributed by atoms with van der Waals surface area (Å²) in [7, 11) is 1.39. The van der Waals surface area contributed by atoms with Crippen LogP contribution in [0.2, 0.25) is 0 Å². The van der Waals surface area contributed by atoms with E-state index < -0.39 is 5.43 Å². The van der Waals surface area contributed by atoms with Gasteiger partial charge in [-0.15, -0.1) is 0 Å². The first-order valence-corrected chi connectivity index (χ1v) is 6.27. The predicted octanol–water partition coefficient (Wildman–Crippen LogP) is 0.245. The van der Waals surface area contributed by atoms with Crippen LogP contribution >= 0.6 is 0 Å². The Morgan fingerprint density at radius 1 is 1.45 bits per heavy atom. The van der Waals surface area contributed by atoms with Gasteiger partial charge in [0.25, 0.3) is 5.91 Å². The second-order valence-electron chi connectivity index (χ2n) is 4.81. The summed E-state index contributed by atoms with van der Waals surface area (Å²) in [5.41, 5.74) is -0.106. The van der Waals surface area contributed by atoms with Gasteiger partial charge in [-0.25, -0.2) is 0 Å². The number of rotatable bonds is 1. The number of amides is 1. The van der Waals surface area contributed by atoms with E-state index in [9.17, 15) is 9.59 Å². The van der Waals surface area contributed by atoms with Crippen molar-refractivity contribution in [3.8, 4) is 5.75 Å². The molecule has 2 aliphatic heterocycles. The Morgan fingerprint density at radius 2 is 2.20 bits per heavy atom. The molecule has 1 aromatic heterocycles. The molecule has 7 heteroatoms. The fourth-order valence-electron chi connectivity index (χ4n) is 2.70. The summed E-state index contributed by atoms with van der Waals surface area (Å²) >= 11 is 0. The van der Waals surface area contributed by atoms with Gasteiger partial charge in [0.2, 0.25) is 0 Å². The van der Waals surface area contributed by atoms with Gasteiger partial charge in [0, 0.05) is 32.9 Å². The van der Waals surface area contributed by atoms with Crippen LogP contribution in [-0.2, 0) is 32.3 Å². The number of nitrogens with zero attached hydrogens (tertiary/aromatic N) is 2. The standard InChI is InChI=1S/C13H15N2O4.W/c1-8-4-6-19-10-7-14-5-3-9(16)12(18-2)11(14)13(17)15(8)10;/h5,8,10H,4,6-7H2,1-2H3;/q-1;/t8-,10+;/m1./s1. The Labute approximate surface area is 130 Å². The fourth-order valence-corrected chi connectivity index (χ4v) is 2.70. The van der Waals surface area contributed by atoms with Gasteiger partial charge in [-0.3, -0.25) is 4.79 Å². The fraction of sp³-hybridized carbons (Fsp3) is 0.538. The van der Waals surface area contributed by atoms with Crippen LogP contribution in [0.3, 0.4) is 0 Å². The van der Waals surface area contributed by atoms with E-state index in [2.05, 4.69) is 6.07 Å². The molecule has 0 bridgehead atoms. The minimum atomic E-state index is -0.397. The van der Waals surface area contributed by atoms with Crippen LogP contribution in [-0.4, -0.2) is 41.4 Å². The molecule has 3 rings (SSSR count). The zero-order valence-electron chi connectivity index (χ0n) is 11.3. The molecule has 1 saturated heterocycles. The molecule has 1 aromatic rings. The van der Waals surface area contributed by atoms with E-state index in [4.69, 9.17) is 9.47 Å². The number of pyridine rings is 1. The third kappa shape index (κ3) is 2.21. The number of fused-ring (bicyclic) bond motifs is 2. The molecule has 0 radical (unpaired) electrons. The van der Waals surface area contributed by atoms with Crippen molar-refractivity contribution >= 4 is 5.91 Å². The van der Waals surface area contributed by atoms with Crippen molar-refractivity contribution < 1.29 is 35.3 Å². The van der Waals surface area contributed by atoms with E-state index in [1.54, 1.807) is 9.47 Å². The van der Waals surface area contributed by atoms with Crippen molar-refractivity contribution in [2.24, 2.45) is 0 Å². The smallest absolute Gasteiger partial charge is 0.257 e. The van der Waals surface area contributed by atoms with E-state index in [0.29, 0.717) is 18.8 Å². The third-order valence-corrected chi connectivity index (χ3v) is 3.69. The number of ether oxygens (including phenoxy) is 2. The molecule has 0 saturated carbocycles. The monoisotopic (exact) mass is 447 g/mol. The summed E-state index contributed by atoms with van der Waals surface area (Å²) in [6.07, 6.45) is 2.02. The second kappa shape index (κ2) is 5.70. The number of aromatic nitrogens is 1.